The Morgan fingerprint density at radius 3 is 2.74 bits per heavy atom. The lowest BCUT2D eigenvalue weighted by molar-refractivity contribution is -0.00256. The van der Waals surface area contributed by atoms with E-state index in [9.17, 15) is 5.11 Å². The number of piperidine rings is 1. The molecule has 7 heteroatoms. The summed E-state index contributed by atoms with van der Waals surface area (Å²) in [7, 11) is 1.61. The first kappa shape index (κ1) is 16.4. The van der Waals surface area contributed by atoms with Crippen molar-refractivity contribution in [3.05, 3.63) is 12.3 Å². The van der Waals surface area contributed by atoms with Crippen LogP contribution in [0, 0.1) is 5.92 Å². The summed E-state index contributed by atoms with van der Waals surface area (Å²) in [5.74, 6) is 1.65. The molecule has 1 N–H and O–H groups in total. The van der Waals surface area contributed by atoms with E-state index in [1.165, 1.54) is 0 Å². The molecule has 2 fully saturated rings. The first-order chi connectivity index (χ1) is 11.3. The minimum atomic E-state index is -0.263. The Labute approximate surface area is 137 Å². The zero-order chi connectivity index (χ0) is 16.1. The van der Waals surface area contributed by atoms with E-state index in [0.717, 1.165) is 58.8 Å². The molecule has 1 aromatic heterocycles. The lowest BCUT2D eigenvalue weighted by Gasteiger charge is -2.36. The van der Waals surface area contributed by atoms with Crippen LogP contribution in [0.4, 0.5) is 5.95 Å². The molecule has 0 spiro atoms. The van der Waals surface area contributed by atoms with E-state index in [1.54, 1.807) is 19.4 Å². The number of aliphatic hydroxyl groups is 1. The minimum absolute atomic E-state index is 0.263. The molecular formula is C16H26N4O3. The standard InChI is InChI=1S/C16H26N4O3/c1-22-15-2-5-17-16(18-15)20-6-3-13(4-7-20)14(21)12-19-8-10-23-11-9-19/h2,5,13-14,21H,3-4,6-12H2,1H3. The number of aliphatic hydroxyl groups excluding tert-OH is 1. The Balaban J connectivity index is 1.49. The van der Waals surface area contributed by atoms with Gasteiger partial charge in [0.2, 0.25) is 11.8 Å². The van der Waals surface area contributed by atoms with Crippen molar-refractivity contribution in [2.75, 3.05) is 57.9 Å². The van der Waals surface area contributed by atoms with Crippen LogP contribution in [0.2, 0.25) is 0 Å². The van der Waals surface area contributed by atoms with Gasteiger partial charge in [-0.2, -0.15) is 4.98 Å². The van der Waals surface area contributed by atoms with E-state index in [2.05, 4.69) is 19.8 Å². The third-order valence-electron chi connectivity index (χ3n) is 4.74. The van der Waals surface area contributed by atoms with Crippen LogP contribution in [0.1, 0.15) is 12.8 Å². The highest BCUT2D eigenvalue weighted by Gasteiger charge is 2.28. The molecule has 7 nitrogen and oxygen atoms in total. The van der Waals surface area contributed by atoms with E-state index in [1.807, 2.05) is 0 Å². The van der Waals surface area contributed by atoms with Crippen LogP contribution in [-0.2, 0) is 4.74 Å². The zero-order valence-electron chi connectivity index (χ0n) is 13.7. The summed E-state index contributed by atoms with van der Waals surface area (Å²) in [5.41, 5.74) is 0. The lowest BCUT2D eigenvalue weighted by atomic mass is 9.91. The molecule has 0 radical (unpaired) electrons. The maximum Gasteiger partial charge on any atom is 0.228 e. The van der Waals surface area contributed by atoms with E-state index in [-0.39, 0.29) is 6.10 Å². The number of ether oxygens (including phenoxy) is 2. The minimum Gasteiger partial charge on any atom is -0.481 e. The number of nitrogens with zero attached hydrogens (tertiary/aromatic N) is 4. The van der Waals surface area contributed by atoms with Crippen molar-refractivity contribution in [2.45, 2.75) is 18.9 Å². The number of methoxy groups -OCH3 is 1. The maximum atomic E-state index is 10.5. The number of hydrogen-bond donors (Lipinski definition) is 1. The van der Waals surface area contributed by atoms with Gasteiger partial charge in [-0.25, -0.2) is 4.98 Å². The molecule has 1 aromatic rings. The molecule has 0 aromatic carbocycles. The van der Waals surface area contributed by atoms with Crippen molar-refractivity contribution in [3.63, 3.8) is 0 Å². The topological polar surface area (TPSA) is 71.0 Å². The van der Waals surface area contributed by atoms with E-state index < -0.39 is 0 Å². The van der Waals surface area contributed by atoms with Crippen LogP contribution in [-0.4, -0.2) is 79.1 Å². The number of morpholine rings is 1. The van der Waals surface area contributed by atoms with Gasteiger partial charge in [0.05, 0.1) is 26.4 Å². The van der Waals surface area contributed by atoms with Crippen LogP contribution in [0.25, 0.3) is 0 Å². The van der Waals surface area contributed by atoms with Crippen LogP contribution < -0.4 is 9.64 Å². The van der Waals surface area contributed by atoms with E-state index >= 15 is 0 Å². The molecular weight excluding hydrogens is 296 g/mol. The van der Waals surface area contributed by atoms with Crippen molar-refractivity contribution in [1.82, 2.24) is 14.9 Å². The monoisotopic (exact) mass is 322 g/mol. The SMILES string of the molecule is COc1ccnc(N2CCC(C(O)CN3CCOCC3)CC2)n1. The molecule has 0 bridgehead atoms. The van der Waals surface area contributed by atoms with Crippen molar-refractivity contribution in [3.8, 4) is 5.88 Å². The van der Waals surface area contributed by atoms with Crippen molar-refractivity contribution < 1.29 is 14.6 Å². The highest BCUT2D eigenvalue weighted by atomic mass is 16.5. The Bertz CT molecular complexity index is 488. The fraction of sp³-hybridized carbons (Fsp3) is 0.750. The average molecular weight is 322 g/mol. The Hall–Kier alpha value is -1.44. The number of rotatable bonds is 5. The van der Waals surface area contributed by atoms with Gasteiger partial charge in [0.1, 0.15) is 0 Å². The summed E-state index contributed by atoms with van der Waals surface area (Å²) in [6.45, 7) is 5.90. The maximum absolute atomic E-state index is 10.5. The Morgan fingerprint density at radius 1 is 1.30 bits per heavy atom. The number of aromatic nitrogens is 2. The van der Waals surface area contributed by atoms with Gasteiger partial charge in [-0.3, -0.25) is 4.90 Å². The first-order valence-corrected chi connectivity index (χ1v) is 8.36. The summed E-state index contributed by atoms with van der Waals surface area (Å²) in [6.07, 6.45) is 3.39. The van der Waals surface area contributed by atoms with Crippen LogP contribution in [0.3, 0.4) is 0 Å². The second kappa shape index (κ2) is 7.90. The normalized spacial score (nSPS) is 22.1. The molecule has 0 amide bonds. The summed E-state index contributed by atoms with van der Waals surface area (Å²) < 4.78 is 10.5. The third-order valence-corrected chi connectivity index (χ3v) is 4.74. The van der Waals surface area contributed by atoms with E-state index in [0.29, 0.717) is 17.7 Å². The van der Waals surface area contributed by atoms with Crippen LogP contribution in [0.15, 0.2) is 12.3 Å². The van der Waals surface area contributed by atoms with Gasteiger partial charge in [0, 0.05) is 45.0 Å². The predicted octanol–water partition coefficient (Wildman–Crippen LogP) is 0.395. The van der Waals surface area contributed by atoms with E-state index in [4.69, 9.17) is 9.47 Å². The lowest BCUT2D eigenvalue weighted by Crippen LogP contribution is -2.45. The zero-order valence-corrected chi connectivity index (χ0v) is 13.7. The molecule has 3 heterocycles. The number of anilines is 1. The van der Waals surface area contributed by atoms with Gasteiger partial charge in [-0.1, -0.05) is 0 Å². The fourth-order valence-corrected chi connectivity index (χ4v) is 3.28. The summed E-state index contributed by atoms with van der Waals surface area (Å²) in [6, 6.07) is 1.75. The van der Waals surface area contributed by atoms with Crippen LogP contribution >= 0.6 is 0 Å². The molecule has 23 heavy (non-hydrogen) atoms. The number of β-amino-alcohol motifs (C(OH)–C–C–N with tert-alkyl or cyclic N) is 1. The molecule has 128 valence electrons. The summed E-state index contributed by atoms with van der Waals surface area (Å²) in [4.78, 5) is 13.2. The molecule has 2 aliphatic heterocycles. The molecule has 1 atom stereocenters. The second-order valence-electron chi connectivity index (χ2n) is 6.20. The van der Waals surface area contributed by atoms with Gasteiger partial charge in [-0.05, 0) is 18.8 Å². The Kier molecular flexibility index (Phi) is 5.64. The second-order valence-corrected chi connectivity index (χ2v) is 6.20. The first-order valence-electron chi connectivity index (χ1n) is 8.36. The smallest absolute Gasteiger partial charge is 0.228 e. The molecule has 2 aliphatic rings. The van der Waals surface area contributed by atoms with Gasteiger partial charge in [-0.15, -0.1) is 0 Å². The largest absolute Gasteiger partial charge is 0.481 e. The summed E-state index contributed by atoms with van der Waals surface area (Å²) >= 11 is 0. The highest BCUT2D eigenvalue weighted by molar-refractivity contribution is 5.32. The van der Waals surface area contributed by atoms with Gasteiger partial charge in [0.25, 0.3) is 0 Å². The van der Waals surface area contributed by atoms with Crippen molar-refractivity contribution in [2.24, 2.45) is 5.92 Å². The van der Waals surface area contributed by atoms with Gasteiger partial charge >= 0.3 is 0 Å². The van der Waals surface area contributed by atoms with Gasteiger partial charge in [0.15, 0.2) is 0 Å². The molecule has 2 saturated heterocycles. The van der Waals surface area contributed by atoms with Crippen molar-refractivity contribution in [1.29, 1.82) is 0 Å². The molecule has 3 rings (SSSR count). The predicted molar refractivity (Wildman–Crippen MR) is 86.8 cm³/mol. The fourth-order valence-electron chi connectivity index (χ4n) is 3.28. The Morgan fingerprint density at radius 2 is 2.04 bits per heavy atom. The molecule has 1 unspecified atom stereocenters. The van der Waals surface area contributed by atoms with Gasteiger partial charge < -0.3 is 19.5 Å². The molecule has 0 saturated carbocycles. The molecule has 0 aliphatic carbocycles. The average Bonchev–Trinajstić information content (AvgIpc) is 2.63. The number of hydrogen-bond acceptors (Lipinski definition) is 7. The van der Waals surface area contributed by atoms with Crippen LogP contribution in [0.5, 0.6) is 5.88 Å². The highest BCUT2D eigenvalue weighted by Crippen LogP contribution is 2.24. The quantitative estimate of drug-likeness (QED) is 0.841. The summed E-state index contributed by atoms with van der Waals surface area (Å²) in [5, 5.41) is 10.5. The third kappa shape index (κ3) is 4.31. The van der Waals surface area contributed by atoms with Crippen molar-refractivity contribution >= 4 is 5.95 Å².